The van der Waals surface area contributed by atoms with Crippen LogP contribution >= 0.6 is 0 Å². The monoisotopic (exact) mass is 322 g/mol. The molecule has 4 heteroatoms. The lowest BCUT2D eigenvalue weighted by Gasteiger charge is -2.06. The van der Waals surface area contributed by atoms with Crippen molar-refractivity contribution in [2.75, 3.05) is 6.61 Å². The zero-order valence-electron chi connectivity index (χ0n) is 14.2. The molecule has 0 saturated carbocycles. The van der Waals surface area contributed by atoms with Crippen molar-refractivity contribution in [2.45, 2.75) is 33.1 Å². The van der Waals surface area contributed by atoms with E-state index in [1.165, 1.54) is 0 Å². The van der Waals surface area contributed by atoms with Crippen LogP contribution in [-0.4, -0.2) is 16.7 Å². The van der Waals surface area contributed by atoms with Crippen molar-refractivity contribution in [2.24, 2.45) is 0 Å². The number of rotatable bonds is 7. The van der Waals surface area contributed by atoms with Crippen LogP contribution < -0.4 is 4.74 Å². The first kappa shape index (κ1) is 16.2. The van der Waals surface area contributed by atoms with Gasteiger partial charge < -0.3 is 9.26 Å². The zero-order valence-corrected chi connectivity index (χ0v) is 14.2. The van der Waals surface area contributed by atoms with Gasteiger partial charge >= 0.3 is 0 Å². The number of hydrogen-bond donors (Lipinski definition) is 0. The van der Waals surface area contributed by atoms with E-state index in [0.717, 1.165) is 54.1 Å². The molecule has 2 aromatic carbocycles. The van der Waals surface area contributed by atoms with Crippen molar-refractivity contribution in [3.8, 4) is 28.3 Å². The van der Waals surface area contributed by atoms with Gasteiger partial charge in [-0.2, -0.15) is 4.98 Å². The first-order valence-corrected chi connectivity index (χ1v) is 8.46. The molecule has 24 heavy (non-hydrogen) atoms. The Morgan fingerprint density at radius 3 is 2.08 bits per heavy atom. The summed E-state index contributed by atoms with van der Waals surface area (Å²) >= 11 is 0. The van der Waals surface area contributed by atoms with Gasteiger partial charge in [0, 0.05) is 12.0 Å². The minimum Gasteiger partial charge on any atom is -0.494 e. The Labute approximate surface area is 142 Å². The second kappa shape index (κ2) is 7.77. The van der Waals surface area contributed by atoms with Gasteiger partial charge in [0.1, 0.15) is 5.75 Å². The third kappa shape index (κ3) is 3.82. The Morgan fingerprint density at radius 1 is 0.833 bits per heavy atom. The minimum absolute atomic E-state index is 0.577. The maximum atomic E-state index is 5.62. The Hall–Kier alpha value is -2.62. The molecule has 3 aromatic rings. The molecule has 0 bridgehead atoms. The third-order valence-corrected chi connectivity index (χ3v) is 3.73. The number of ether oxygens (including phenoxy) is 1. The van der Waals surface area contributed by atoms with Crippen LogP contribution in [0.2, 0.25) is 0 Å². The van der Waals surface area contributed by atoms with Crippen LogP contribution in [0.15, 0.2) is 53.1 Å². The van der Waals surface area contributed by atoms with Crippen molar-refractivity contribution >= 4 is 0 Å². The Balaban J connectivity index is 1.73. The molecule has 3 rings (SSSR count). The minimum atomic E-state index is 0.577. The van der Waals surface area contributed by atoms with Gasteiger partial charge in [-0.25, -0.2) is 0 Å². The van der Waals surface area contributed by atoms with E-state index in [9.17, 15) is 0 Å². The number of nitrogens with zero attached hydrogens (tertiary/aromatic N) is 2. The van der Waals surface area contributed by atoms with E-state index < -0.39 is 0 Å². The highest BCUT2D eigenvalue weighted by atomic mass is 16.5. The SMILES string of the molecule is CCCOc1ccc(-c2ccc(-c3nc(CCC)no3)cc2)cc1. The normalized spacial score (nSPS) is 10.8. The van der Waals surface area contributed by atoms with Gasteiger partial charge in [0.25, 0.3) is 5.89 Å². The molecule has 0 saturated heterocycles. The van der Waals surface area contributed by atoms with Crippen LogP contribution in [-0.2, 0) is 6.42 Å². The van der Waals surface area contributed by atoms with E-state index in [4.69, 9.17) is 9.26 Å². The standard InChI is InChI=1S/C20H22N2O2/c1-3-5-19-21-20(24-22-19)17-8-6-15(7-9-17)16-10-12-18(13-11-16)23-14-4-2/h6-13H,3-5,14H2,1-2H3. The number of benzene rings is 2. The third-order valence-electron chi connectivity index (χ3n) is 3.73. The van der Waals surface area contributed by atoms with Gasteiger partial charge in [-0.1, -0.05) is 43.3 Å². The maximum Gasteiger partial charge on any atom is 0.257 e. The molecular formula is C20H22N2O2. The fourth-order valence-corrected chi connectivity index (χ4v) is 2.47. The molecular weight excluding hydrogens is 300 g/mol. The summed E-state index contributed by atoms with van der Waals surface area (Å²) in [5.41, 5.74) is 3.24. The highest BCUT2D eigenvalue weighted by molar-refractivity contribution is 5.67. The molecule has 1 heterocycles. The van der Waals surface area contributed by atoms with Crippen LogP contribution in [0.5, 0.6) is 5.75 Å². The van der Waals surface area contributed by atoms with E-state index in [2.05, 4.69) is 48.3 Å². The lowest BCUT2D eigenvalue weighted by atomic mass is 10.0. The summed E-state index contributed by atoms with van der Waals surface area (Å²) in [4.78, 5) is 4.42. The van der Waals surface area contributed by atoms with Crippen LogP contribution in [0, 0.1) is 0 Å². The molecule has 0 aliphatic carbocycles. The molecule has 0 amide bonds. The van der Waals surface area contributed by atoms with Crippen molar-refractivity contribution in [1.82, 2.24) is 10.1 Å². The lowest BCUT2D eigenvalue weighted by molar-refractivity contribution is 0.317. The van der Waals surface area contributed by atoms with Crippen LogP contribution in [0.25, 0.3) is 22.6 Å². The number of aryl methyl sites for hydroxylation is 1. The molecule has 0 atom stereocenters. The van der Waals surface area contributed by atoms with Gasteiger partial charge in [0.05, 0.1) is 6.61 Å². The predicted molar refractivity (Wildman–Crippen MR) is 95.0 cm³/mol. The second-order valence-electron chi connectivity index (χ2n) is 5.72. The fraction of sp³-hybridized carbons (Fsp3) is 0.300. The Bertz CT molecular complexity index is 761. The molecule has 1 aromatic heterocycles. The van der Waals surface area contributed by atoms with Gasteiger partial charge in [-0.05, 0) is 48.2 Å². The summed E-state index contributed by atoms with van der Waals surface area (Å²) in [5.74, 6) is 2.25. The van der Waals surface area contributed by atoms with E-state index in [1.807, 2.05) is 24.3 Å². The highest BCUT2D eigenvalue weighted by Gasteiger charge is 2.08. The molecule has 0 aliphatic heterocycles. The summed E-state index contributed by atoms with van der Waals surface area (Å²) in [5, 5.41) is 4.00. The van der Waals surface area contributed by atoms with E-state index >= 15 is 0 Å². The summed E-state index contributed by atoms with van der Waals surface area (Å²) in [6.45, 7) is 4.95. The summed E-state index contributed by atoms with van der Waals surface area (Å²) in [7, 11) is 0. The van der Waals surface area contributed by atoms with Gasteiger partial charge in [-0.15, -0.1) is 0 Å². The highest BCUT2D eigenvalue weighted by Crippen LogP contribution is 2.25. The van der Waals surface area contributed by atoms with Gasteiger partial charge in [-0.3, -0.25) is 0 Å². The van der Waals surface area contributed by atoms with Crippen LogP contribution in [0.1, 0.15) is 32.5 Å². The first-order valence-electron chi connectivity index (χ1n) is 8.46. The van der Waals surface area contributed by atoms with Gasteiger partial charge in [0.2, 0.25) is 0 Å². The number of hydrogen-bond acceptors (Lipinski definition) is 4. The zero-order chi connectivity index (χ0) is 16.8. The van der Waals surface area contributed by atoms with E-state index in [1.54, 1.807) is 0 Å². The fourth-order valence-electron chi connectivity index (χ4n) is 2.47. The lowest BCUT2D eigenvalue weighted by Crippen LogP contribution is -1.94. The Kier molecular flexibility index (Phi) is 5.26. The molecule has 0 radical (unpaired) electrons. The maximum absolute atomic E-state index is 5.62. The van der Waals surface area contributed by atoms with Crippen molar-refractivity contribution in [3.05, 3.63) is 54.4 Å². The number of aromatic nitrogens is 2. The van der Waals surface area contributed by atoms with Gasteiger partial charge in [0.15, 0.2) is 5.82 Å². The van der Waals surface area contributed by atoms with Crippen molar-refractivity contribution in [1.29, 1.82) is 0 Å². The summed E-state index contributed by atoms with van der Waals surface area (Å²) in [6, 6.07) is 16.3. The first-order chi connectivity index (χ1) is 11.8. The molecule has 0 aliphatic rings. The predicted octanol–water partition coefficient (Wildman–Crippen LogP) is 5.14. The smallest absolute Gasteiger partial charge is 0.257 e. The molecule has 0 spiro atoms. The molecule has 124 valence electrons. The Morgan fingerprint density at radius 2 is 1.46 bits per heavy atom. The molecule has 0 N–H and O–H groups in total. The second-order valence-corrected chi connectivity index (χ2v) is 5.72. The average molecular weight is 322 g/mol. The van der Waals surface area contributed by atoms with Crippen molar-refractivity contribution < 1.29 is 9.26 Å². The van der Waals surface area contributed by atoms with E-state index in [-0.39, 0.29) is 0 Å². The summed E-state index contributed by atoms with van der Waals surface area (Å²) < 4.78 is 10.9. The topological polar surface area (TPSA) is 48.2 Å². The van der Waals surface area contributed by atoms with Crippen molar-refractivity contribution in [3.63, 3.8) is 0 Å². The largest absolute Gasteiger partial charge is 0.494 e. The average Bonchev–Trinajstić information content (AvgIpc) is 3.10. The molecule has 4 nitrogen and oxygen atoms in total. The molecule has 0 unspecified atom stereocenters. The van der Waals surface area contributed by atoms with Crippen LogP contribution in [0.4, 0.5) is 0 Å². The summed E-state index contributed by atoms with van der Waals surface area (Å²) in [6.07, 6.45) is 2.86. The van der Waals surface area contributed by atoms with E-state index in [0.29, 0.717) is 5.89 Å². The van der Waals surface area contributed by atoms with Crippen LogP contribution in [0.3, 0.4) is 0 Å². The molecule has 0 fully saturated rings. The quantitative estimate of drug-likeness (QED) is 0.604.